The van der Waals surface area contributed by atoms with Gasteiger partial charge in [-0.25, -0.2) is 4.39 Å². The van der Waals surface area contributed by atoms with Crippen LogP contribution in [0.5, 0.6) is 5.75 Å². The topological polar surface area (TPSA) is 21.6 Å². The molecule has 6 heteroatoms. The summed E-state index contributed by atoms with van der Waals surface area (Å²) in [4.78, 5) is 4.46. The summed E-state index contributed by atoms with van der Waals surface area (Å²) in [5.41, 5.74) is 3.45. The summed E-state index contributed by atoms with van der Waals surface area (Å²) >= 11 is 13.2. The Balaban J connectivity index is 1.75. The predicted octanol–water partition coefficient (Wildman–Crippen LogP) is 7.64. The van der Waals surface area contributed by atoms with Crippen molar-refractivity contribution in [3.8, 4) is 5.75 Å². The number of rotatable bonds is 5. The summed E-state index contributed by atoms with van der Waals surface area (Å²) in [5, 5.41) is 0.688. The highest BCUT2D eigenvalue weighted by molar-refractivity contribution is 9.11. The van der Waals surface area contributed by atoms with Gasteiger partial charge in [-0.1, -0.05) is 29.8 Å². The van der Waals surface area contributed by atoms with Crippen LogP contribution in [0.3, 0.4) is 0 Å². The third-order valence-electron chi connectivity index (χ3n) is 3.81. The molecule has 0 amide bonds. The highest BCUT2D eigenvalue weighted by Crippen LogP contribution is 2.35. The van der Waals surface area contributed by atoms with Gasteiger partial charge in [0.15, 0.2) is 0 Å². The van der Waals surface area contributed by atoms with Crippen molar-refractivity contribution in [1.29, 1.82) is 0 Å². The number of hydrogen-bond acceptors (Lipinski definition) is 2. The number of aliphatic imine (C=N–C) groups is 1. The van der Waals surface area contributed by atoms with Gasteiger partial charge in [0, 0.05) is 11.2 Å². The van der Waals surface area contributed by atoms with E-state index in [1.54, 1.807) is 12.3 Å². The fourth-order valence-electron chi connectivity index (χ4n) is 2.39. The first-order valence-corrected chi connectivity index (χ1v) is 10.1. The van der Waals surface area contributed by atoms with Gasteiger partial charge in [-0.2, -0.15) is 0 Å². The molecule has 0 fully saturated rings. The molecule has 138 valence electrons. The second-order valence-electron chi connectivity index (χ2n) is 5.92. The molecule has 3 aromatic rings. The van der Waals surface area contributed by atoms with E-state index in [-0.39, 0.29) is 12.4 Å². The van der Waals surface area contributed by atoms with E-state index in [1.807, 2.05) is 43.3 Å². The van der Waals surface area contributed by atoms with Crippen molar-refractivity contribution in [2.45, 2.75) is 13.5 Å². The Bertz CT molecular complexity index is 984. The number of ether oxygens (including phenoxy) is 1. The molecule has 0 aliphatic heterocycles. The Morgan fingerprint density at radius 1 is 1.07 bits per heavy atom. The zero-order valence-corrected chi connectivity index (χ0v) is 18.3. The fourth-order valence-corrected chi connectivity index (χ4v) is 4.01. The molecule has 0 spiro atoms. The van der Waals surface area contributed by atoms with Gasteiger partial charge in [0.05, 0.1) is 14.6 Å². The second kappa shape index (κ2) is 9.00. The van der Waals surface area contributed by atoms with Crippen molar-refractivity contribution in [3.05, 3.63) is 91.1 Å². The Morgan fingerprint density at radius 3 is 2.48 bits per heavy atom. The van der Waals surface area contributed by atoms with Crippen molar-refractivity contribution in [3.63, 3.8) is 0 Å². The zero-order chi connectivity index (χ0) is 19.4. The molecular weight excluding hydrogens is 496 g/mol. The van der Waals surface area contributed by atoms with E-state index in [4.69, 9.17) is 16.3 Å². The van der Waals surface area contributed by atoms with Crippen LogP contribution < -0.4 is 4.74 Å². The third-order valence-corrected chi connectivity index (χ3v) is 5.40. The lowest BCUT2D eigenvalue weighted by molar-refractivity contribution is 0.301. The monoisotopic (exact) mass is 509 g/mol. The highest BCUT2D eigenvalue weighted by Gasteiger charge is 2.09. The van der Waals surface area contributed by atoms with Gasteiger partial charge in [-0.3, -0.25) is 4.99 Å². The molecule has 0 saturated heterocycles. The average Bonchev–Trinajstić information content (AvgIpc) is 2.62. The molecule has 0 bridgehead atoms. The second-order valence-corrected chi connectivity index (χ2v) is 8.04. The summed E-state index contributed by atoms with van der Waals surface area (Å²) in [7, 11) is 0. The number of halogens is 4. The van der Waals surface area contributed by atoms with Crippen LogP contribution in [0.4, 0.5) is 10.1 Å². The zero-order valence-electron chi connectivity index (χ0n) is 14.3. The normalized spacial score (nSPS) is 11.1. The predicted molar refractivity (Wildman–Crippen MR) is 116 cm³/mol. The number of benzene rings is 3. The van der Waals surface area contributed by atoms with Crippen LogP contribution >= 0.6 is 43.5 Å². The van der Waals surface area contributed by atoms with Gasteiger partial charge >= 0.3 is 0 Å². The van der Waals surface area contributed by atoms with Gasteiger partial charge in [0.25, 0.3) is 0 Å². The van der Waals surface area contributed by atoms with E-state index >= 15 is 0 Å². The molecule has 0 saturated carbocycles. The van der Waals surface area contributed by atoms with Crippen molar-refractivity contribution < 1.29 is 9.13 Å². The molecule has 0 N–H and O–H groups in total. The average molecular weight is 512 g/mol. The van der Waals surface area contributed by atoms with E-state index in [0.29, 0.717) is 10.8 Å². The summed E-state index contributed by atoms with van der Waals surface area (Å²) in [6.07, 6.45) is 1.76. The SMILES string of the molecule is Cc1ccc(N=Cc2cc(Br)c(OCc3cccc(F)c3)c(Br)c2)cc1Cl. The quantitative estimate of drug-likeness (QED) is 0.323. The molecule has 0 radical (unpaired) electrons. The van der Waals surface area contributed by atoms with E-state index < -0.39 is 0 Å². The highest BCUT2D eigenvalue weighted by atomic mass is 79.9. The molecule has 0 aliphatic rings. The van der Waals surface area contributed by atoms with Crippen LogP contribution in [-0.4, -0.2) is 6.21 Å². The molecule has 0 aliphatic carbocycles. The molecule has 0 aromatic heterocycles. The molecule has 3 aromatic carbocycles. The van der Waals surface area contributed by atoms with Crippen molar-refractivity contribution in [1.82, 2.24) is 0 Å². The van der Waals surface area contributed by atoms with Gasteiger partial charge in [-0.05, 0) is 91.9 Å². The number of hydrogen-bond donors (Lipinski definition) is 0. The molecule has 0 unspecified atom stereocenters. The maximum Gasteiger partial charge on any atom is 0.148 e. The van der Waals surface area contributed by atoms with Crippen LogP contribution in [0.25, 0.3) is 0 Å². The lowest BCUT2D eigenvalue weighted by atomic mass is 10.2. The van der Waals surface area contributed by atoms with E-state index in [0.717, 1.165) is 31.3 Å². The summed E-state index contributed by atoms with van der Waals surface area (Å²) in [6, 6.07) is 15.8. The first-order valence-electron chi connectivity index (χ1n) is 8.09. The maximum absolute atomic E-state index is 13.3. The smallest absolute Gasteiger partial charge is 0.148 e. The maximum atomic E-state index is 13.3. The van der Waals surface area contributed by atoms with Crippen LogP contribution in [0.2, 0.25) is 5.02 Å². The number of aryl methyl sites for hydroxylation is 1. The standard InChI is InChI=1S/C21H15Br2ClFNO/c1-13-5-6-17(10-20(13)24)26-11-15-8-18(22)21(19(23)9-15)27-12-14-3-2-4-16(25)7-14/h2-11H,12H2,1H3. The molecule has 0 heterocycles. The Hall–Kier alpha value is -1.69. The Labute approximate surface area is 179 Å². The van der Waals surface area contributed by atoms with Gasteiger partial charge in [0.2, 0.25) is 0 Å². The summed E-state index contributed by atoms with van der Waals surface area (Å²) < 4.78 is 20.7. The minimum Gasteiger partial charge on any atom is -0.487 e. The molecule has 0 atom stereocenters. The first-order chi connectivity index (χ1) is 12.9. The largest absolute Gasteiger partial charge is 0.487 e. The van der Waals surface area contributed by atoms with Crippen molar-refractivity contribution in [2.75, 3.05) is 0 Å². The van der Waals surface area contributed by atoms with Gasteiger partial charge < -0.3 is 4.74 Å². The summed E-state index contributed by atoms with van der Waals surface area (Å²) in [6.45, 7) is 2.22. The molecular formula is C21H15Br2ClFNO. The lowest BCUT2D eigenvalue weighted by Gasteiger charge is -2.11. The van der Waals surface area contributed by atoms with Gasteiger partial charge in [0.1, 0.15) is 18.2 Å². The minimum absolute atomic E-state index is 0.268. The third kappa shape index (κ3) is 5.41. The van der Waals surface area contributed by atoms with E-state index in [2.05, 4.69) is 36.9 Å². The van der Waals surface area contributed by atoms with Gasteiger partial charge in [-0.15, -0.1) is 0 Å². The molecule has 3 rings (SSSR count). The van der Waals surface area contributed by atoms with E-state index in [1.165, 1.54) is 12.1 Å². The first kappa shape index (κ1) is 20.1. The van der Waals surface area contributed by atoms with Crippen LogP contribution in [0.1, 0.15) is 16.7 Å². The molecule has 27 heavy (non-hydrogen) atoms. The van der Waals surface area contributed by atoms with Crippen LogP contribution in [0.15, 0.2) is 68.5 Å². The molecule has 2 nitrogen and oxygen atoms in total. The van der Waals surface area contributed by atoms with Crippen LogP contribution in [0, 0.1) is 12.7 Å². The minimum atomic E-state index is -0.281. The number of nitrogens with zero attached hydrogens (tertiary/aromatic N) is 1. The Kier molecular flexibility index (Phi) is 6.68. The van der Waals surface area contributed by atoms with Crippen molar-refractivity contribution in [2.24, 2.45) is 4.99 Å². The Morgan fingerprint density at radius 2 is 1.81 bits per heavy atom. The fraction of sp³-hybridized carbons (Fsp3) is 0.0952. The van der Waals surface area contributed by atoms with Crippen molar-refractivity contribution >= 4 is 55.4 Å². The lowest BCUT2D eigenvalue weighted by Crippen LogP contribution is -1.98. The van der Waals surface area contributed by atoms with E-state index in [9.17, 15) is 4.39 Å². The summed E-state index contributed by atoms with van der Waals surface area (Å²) in [5.74, 6) is 0.367. The van der Waals surface area contributed by atoms with Crippen LogP contribution in [-0.2, 0) is 6.61 Å².